The highest BCUT2D eigenvalue weighted by atomic mass is 79.9. The molecule has 2 atom stereocenters. The summed E-state index contributed by atoms with van der Waals surface area (Å²) < 4.78 is 7.34. The zero-order valence-corrected chi connectivity index (χ0v) is 14.3. The van der Waals surface area contributed by atoms with Gasteiger partial charge in [0, 0.05) is 10.4 Å². The van der Waals surface area contributed by atoms with Gasteiger partial charge in [-0.2, -0.15) is 0 Å². The Hall–Kier alpha value is -1.38. The minimum atomic E-state index is 0.118. The fourth-order valence-corrected chi connectivity index (χ4v) is 4.06. The number of fused-ring (bicyclic) bond motifs is 2. The summed E-state index contributed by atoms with van der Waals surface area (Å²) in [6.45, 7) is 3.09. The monoisotopic (exact) mass is 354 g/mol. The molecule has 2 aromatic carbocycles. The molecule has 0 N–H and O–H groups in total. The number of aryl methyl sites for hydroxylation is 1. The number of hydrogen-bond acceptors (Lipinski definition) is 1. The van der Waals surface area contributed by atoms with Gasteiger partial charge in [-0.05, 0) is 52.8 Å². The third-order valence-corrected chi connectivity index (χ3v) is 5.34. The van der Waals surface area contributed by atoms with Gasteiger partial charge < -0.3 is 4.74 Å². The van der Waals surface area contributed by atoms with Gasteiger partial charge in [-0.25, -0.2) is 0 Å². The third kappa shape index (κ3) is 2.35. The van der Waals surface area contributed by atoms with Crippen molar-refractivity contribution in [3.63, 3.8) is 0 Å². The average molecular weight is 355 g/mol. The summed E-state index contributed by atoms with van der Waals surface area (Å²) in [6.07, 6.45) is 2.35. The quantitative estimate of drug-likeness (QED) is 0.651. The van der Waals surface area contributed by atoms with Crippen LogP contribution < -0.4 is 0 Å². The Balaban J connectivity index is 1.83. The Morgan fingerprint density at radius 3 is 2.59 bits per heavy atom. The number of rotatable bonds is 1. The fourth-order valence-electron chi connectivity index (χ4n) is 3.79. The molecule has 2 aromatic rings. The highest BCUT2D eigenvalue weighted by Crippen LogP contribution is 2.46. The minimum absolute atomic E-state index is 0.118. The molecule has 0 unspecified atom stereocenters. The SMILES string of the molecule is C[C@@H]1CO[C@H](c2ccc(Br)cc2)C2=C1c1ccccc1CC2. The van der Waals surface area contributed by atoms with Crippen molar-refractivity contribution in [1.82, 2.24) is 0 Å². The van der Waals surface area contributed by atoms with Crippen LogP contribution >= 0.6 is 15.9 Å². The summed E-state index contributed by atoms with van der Waals surface area (Å²) in [6, 6.07) is 17.4. The van der Waals surface area contributed by atoms with Gasteiger partial charge in [0.05, 0.1) is 6.61 Å². The molecule has 0 radical (unpaired) electrons. The van der Waals surface area contributed by atoms with E-state index in [0.717, 1.165) is 23.9 Å². The van der Waals surface area contributed by atoms with Crippen molar-refractivity contribution >= 4 is 21.5 Å². The van der Waals surface area contributed by atoms with Crippen molar-refractivity contribution in [3.8, 4) is 0 Å². The van der Waals surface area contributed by atoms with Crippen LogP contribution in [0, 0.1) is 5.92 Å². The summed E-state index contributed by atoms with van der Waals surface area (Å²) >= 11 is 3.52. The van der Waals surface area contributed by atoms with Gasteiger partial charge in [-0.3, -0.25) is 0 Å². The number of hydrogen-bond donors (Lipinski definition) is 0. The number of benzene rings is 2. The minimum Gasteiger partial charge on any atom is -0.368 e. The molecular formula is C20H19BrO. The summed E-state index contributed by atoms with van der Waals surface area (Å²) in [4.78, 5) is 0. The molecule has 1 aliphatic carbocycles. The topological polar surface area (TPSA) is 9.23 Å². The van der Waals surface area contributed by atoms with E-state index < -0.39 is 0 Å². The molecule has 0 fully saturated rings. The maximum Gasteiger partial charge on any atom is 0.104 e. The summed E-state index contributed by atoms with van der Waals surface area (Å²) in [5.41, 5.74) is 7.22. The van der Waals surface area contributed by atoms with Crippen molar-refractivity contribution in [2.45, 2.75) is 25.9 Å². The summed E-state index contributed by atoms with van der Waals surface area (Å²) in [5.74, 6) is 0.475. The Morgan fingerprint density at radius 2 is 1.77 bits per heavy atom. The second-order valence-corrected chi connectivity index (χ2v) is 7.18. The van der Waals surface area contributed by atoms with E-state index in [1.54, 1.807) is 0 Å². The second-order valence-electron chi connectivity index (χ2n) is 6.26. The van der Waals surface area contributed by atoms with E-state index in [9.17, 15) is 0 Å². The zero-order valence-electron chi connectivity index (χ0n) is 12.7. The van der Waals surface area contributed by atoms with Crippen molar-refractivity contribution < 1.29 is 4.74 Å². The molecule has 4 rings (SSSR count). The van der Waals surface area contributed by atoms with Crippen LogP contribution in [0.5, 0.6) is 0 Å². The van der Waals surface area contributed by atoms with Crippen molar-refractivity contribution in [1.29, 1.82) is 0 Å². The van der Waals surface area contributed by atoms with Gasteiger partial charge in [0.1, 0.15) is 6.10 Å². The van der Waals surface area contributed by atoms with Crippen molar-refractivity contribution in [3.05, 3.63) is 75.3 Å². The van der Waals surface area contributed by atoms with Crippen LogP contribution in [0.25, 0.3) is 5.57 Å². The van der Waals surface area contributed by atoms with Crippen LogP contribution in [-0.2, 0) is 11.2 Å². The molecular weight excluding hydrogens is 336 g/mol. The lowest BCUT2D eigenvalue weighted by Gasteiger charge is -2.37. The Bertz CT molecular complexity index is 730. The third-order valence-electron chi connectivity index (χ3n) is 4.81. The molecule has 1 heterocycles. The van der Waals surface area contributed by atoms with E-state index in [1.165, 1.54) is 27.8 Å². The lowest BCUT2D eigenvalue weighted by atomic mass is 9.76. The van der Waals surface area contributed by atoms with Crippen LogP contribution in [0.2, 0.25) is 0 Å². The maximum atomic E-state index is 6.23. The lowest BCUT2D eigenvalue weighted by molar-refractivity contribution is 0.0511. The second kappa shape index (κ2) is 5.68. The smallest absolute Gasteiger partial charge is 0.104 e. The van der Waals surface area contributed by atoms with Crippen LogP contribution in [0.1, 0.15) is 36.1 Å². The predicted molar refractivity (Wildman–Crippen MR) is 93.7 cm³/mol. The lowest BCUT2D eigenvalue weighted by Crippen LogP contribution is -2.25. The van der Waals surface area contributed by atoms with E-state index >= 15 is 0 Å². The van der Waals surface area contributed by atoms with E-state index in [4.69, 9.17) is 4.74 Å². The number of halogens is 1. The highest BCUT2D eigenvalue weighted by Gasteiger charge is 2.33. The first-order chi connectivity index (χ1) is 10.7. The Labute approximate surface area is 140 Å². The molecule has 0 saturated carbocycles. The molecule has 1 nitrogen and oxygen atoms in total. The first-order valence-electron chi connectivity index (χ1n) is 7.92. The maximum absolute atomic E-state index is 6.23. The molecule has 1 aliphatic heterocycles. The van der Waals surface area contributed by atoms with Gasteiger partial charge in [-0.15, -0.1) is 0 Å². The predicted octanol–water partition coefficient (Wildman–Crippen LogP) is 5.56. The molecule has 0 amide bonds. The van der Waals surface area contributed by atoms with Gasteiger partial charge in [0.2, 0.25) is 0 Å². The van der Waals surface area contributed by atoms with Gasteiger partial charge in [-0.1, -0.05) is 59.3 Å². The Kier molecular flexibility index (Phi) is 3.67. The van der Waals surface area contributed by atoms with E-state index in [0.29, 0.717) is 5.92 Å². The molecule has 0 saturated heterocycles. The molecule has 22 heavy (non-hydrogen) atoms. The highest BCUT2D eigenvalue weighted by molar-refractivity contribution is 9.10. The van der Waals surface area contributed by atoms with E-state index in [1.807, 2.05) is 0 Å². The molecule has 0 bridgehead atoms. The molecule has 0 aromatic heterocycles. The van der Waals surface area contributed by atoms with Crippen LogP contribution in [0.15, 0.2) is 58.6 Å². The fraction of sp³-hybridized carbons (Fsp3) is 0.300. The van der Waals surface area contributed by atoms with Crippen molar-refractivity contribution in [2.75, 3.05) is 6.61 Å². The zero-order chi connectivity index (χ0) is 15.1. The summed E-state index contributed by atoms with van der Waals surface area (Å²) in [5, 5.41) is 0. The molecule has 112 valence electrons. The van der Waals surface area contributed by atoms with E-state index in [-0.39, 0.29) is 6.10 Å². The molecule has 0 spiro atoms. The Morgan fingerprint density at radius 1 is 1.00 bits per heavy atom. The van der Waals surface area contributed by atoms with Crippen LogP contribution in [0.4, 0.5) is 0 Å². The first kappa shape index (κ1) is 14.2. The number of ether oxygens (including phenoxy) is 1. The van der Waals surface area contributed by atoms with Crippen LogP contribution in [-0.4, -0.2) is 6.61 Å². The first-order valence-corrected chi connectivity index (χ1v) is 8.71. The molecule has 2 aliphatic rings. The summed E-state index contributed by atoms with van der Waals surface area (Å²) in [7, 11) is 0. The van der Waals surface area contributed by atoms with E-state index in [2.05, 4.69) is 71.4 Å². The van der Waals surface area contributed by atoms with Gasteiger partial charge >= 0.3 is 0 Å². The van der Waals surface area contributed by atoms with Crippen LogP contribution in [0.3, 0.4) is 0 Å². The standard InChI is InChI=1S/C20H19BrO/c1-13-12-22-20(15-6-9-16(21)10-7-15)18-11-8-14-4-2-3-5-17(14)19(13)18/h2-7,9-10,13,20H,8,11-12H2,1H3/t13-,20-/m1/s1. The van der Waals surface area contributed by atoms with Gasteiger partial charge in [0.15, 0.2) is 0 Å². The normalized spacial score (nSPS) is 23.9. The van der Waals surface area contributed by atoms with Crippen molar-refractivity contribution in [2.24, 2.45) is 5.92 Å². The largest absolute Gasteiger partial charge is 0.368 e. The molecule has 2 heteroatoms. The average Bonchev–Trinajstić information content (AvgIpc) is 2.56. The van der Waals surface area contributed by atoms with Gasteiger partial charge in [0.25, 0.3) is 0 Å².